The van der Waals surface area contributed by atoms with Crippen molar-refractivity contribution in [1.29, 1.82) is 0 Å². The summed E-state index contributed by atoms with van der Waals surface area (Å²) >= 11 is 0. The zero-order valence-corrected chi connectivity index (χ0v) is 23.0. The average molecular weight is 607 g/mol. The van der Waals surface area contributed by atoms with Gasteiger partial charge in [0.1, 0.15) is 24.9 Å². The van der Waals surface area contributed by atoms with E-state index in [4.69, 9.17) is 25.1 Å². The Balaban J connectivity index is 1.65. The van der Waals surface area contributed by atoms with Gasteiger partial charge in [-0.3, -0.25) is 23.1 Å². The van der Waals surface area contributed by atoms with Crippen LogP contribution in [0.1, 0.15) is 22.1 Å². The Kier molecular flexibility index (Phi) is 10.6. The normalized spacial score (nSPS) is 23.1. The molecule has 0 aliphatic carbocycles. The first-order chi connectivity index (χ1) is 18.7. The number of nitrogens with one attached hydrogen (secondary N) is 1. The van der Waals surface area contributed by atoms with Crippen LogP contribution in [0.5, 0.6) is 0 Å². The van der Waals surface area contributed by atoms with Gasteiger partial charge in [-0.05, 0) is 17.7 Å². The molecule has 1 aromatic carbocycles. The molecule has 0 spiro atoms. The molecule has 5 atom stereocenters. The number of amides is 1. The van der Waals surface area contributed by atoms with Crippen LogP contribution in [0.25, 0.3) is 0 Å². The van der Waals surface area contributed by atoms with Crippen molar-refractivity contribution in [3.05, 3.63) is 63.6 Å². The van der Waals surface area contributed by atoms with E-state index in [1.165, 1.54) is 19.3 Å². The Morgan fingerprint density at radius 1 is 1.15 bits per heavy atom. The Morgan fingerprint density at radius 3 is 2.45 bits per heavy atom. The molecule has 1 aliphatic heterocycles. The van der Waals surface area contributed by atoms with Crippen LogP contribution in [0.3, 0.4) is 0 Å². The number of rotatable bonds is 12. The van der Waals surface area contributed by atoms with Crippen molar-refractivity contribution in [2.75, 3.05) is 25.6 Å². The minimum absolute atomic E-state index is 0.0306. The first-order valence-corrected chi connectivity index (χ1v) is 15.3. The maximum absolute atomic E-state index is 12.9. The molecule has 0 radical (unpaired) electrons. The second-order valence-corrected chi connectivity index (χ2v) is 12.8. The molecule has 1 fully saturated rings. The van der Waals surface area contributed by atoms with Gasteiger partial charge in [-0.25, -0.2) is 4.79 Å². The van der Waals surface area contributed by atoms with E-state index in [2.05, 4.69) is 15.0 Å². The molecular formula is C21H31N5O12P2. The van der Waals surface area contributed by atoms with E-state index < -0.39 is 57.9 Å². The average Bonchev–Trinajstić information content (AvgIpc) is 3.16. The molecule has 8 N–H and O–H groups in total. The van der Waals surface area contributed by atoms with Crippen LogP contribution in [0.15, 0.2) is 46.5 Å². The summed E-state index contributed by atoms with van der Waals surface area (Å²) < 4.78 is 35.0. The summed E-state index contributed by atoms with van der Waals surface area (Å²) in [5.41, 5.74) is 5.90. The van der Waals surface area contributed by atoms with Crippen LogP contribution in [-0.4, -0.2) is 83.8 Å². The fraction of sp³-hybridized carbons (Fsp3) is 0.476. The van der Waals surface area contributed by atoms with Crippen molar-refractivity contribution >= 4 is 21.1 Å². The number of aliphatic hydroxyl groups is 2. The lowest BCUT2D eigenvalue weighted by atomic mass is 10.1. The third kappa shape index (κ3) is 8.41. The molecule has 222 valence electrons. The number of carbonyl (C=O) groups excluding carboxylic acids is 1. The zero-order valence-electron chi connectivity index (χ0n) is 21.2. The van der Waals surface area contributed by atoms with Crippen molar-refractivity contribution in [2.45, 2.75) is 31.1 Å². The number of benzene rings is 1. The van der Waals surface area contributed by atoms with Gasteiger partial charge in [0, 0.05) is 38.0 Å². The van der Waals surface area contributed by atoms with E-state index in [1.54, 1.807) is 24.3 Å². The molecule has 2 aromatic rings. The summed E-state index contributed by atoms with van der Waals surface area (Å²) in [6, 6.07) is 7.96. The number of nitrogens with two attached hydrogens (primary N) is 1. The summed E-state index contributed by atoms with van der Waals surface area (Å²) in [4.78, 5) is 57.5. The van der Waals surface area contributed by atoms with E-state index in [9.17, 15) is 33.8 Å². The quantitative estimate of drug-likeness (QED) is 0.101. The minimum atomic E-state index is -4.86. The molecular weight excluding hydrogens is 576 g/mol. The highest BCUT2D eigenvalue weighted by Crippen LogP contribution is 2.55. The number of aromatic nitrogens is 2. The summed E-state index contributed by atoms with van der Waals surface area (Å²) in [5.74, 6) is -1.69. The molecule has 1 unspecified atom stereocenters. The van der Waals surface area contributed by atoms with Crippen molar-refractivity contribution < 1.29 is 52.9 Å². The van der Waals surface area contributed by atoms with Crippen LogP contribution in [0, 0.1) is 0 Å². The predicted molar refractivity (Wildman–Crippen MR) is 136 cm³/mol. The summed E-state index contributed by atoms with van der Waals surface area (Å²) in [7, 11) is -8.22. The van der Waals surface area contributed by atoms with E-state index in [0.717, 1.165) is 9.13 Å². The molecule has 2 heterocycles. The lowest BCUT2D eigenvalue weighted by Crippen LogP contribution is -2.42. The number of carbonyl (C=O) groups is 1. The smallest absolute Gasteiger partial charge is 0.340 e. The molecule has 0 saturated carbocycles. The SMILES string of the molecule is Cn1c(=O)n([C@@H]2O[C@H](COP(=O)(O)CP(=O)(O)O)[C@@H](O)[C@H]2O)cc/c1=N/OCc1ccc(C(=O)NCCN)cc1. The number of hydrogen-bond acceptors (Lipinski definition) is 11. The lowest BCUT2D eigenvalue weighted by Gasteiger charge is -2.19. The van der Waals surface area contributed by atoms with E-state index in [1.807, 2.05) is 0 Å². The van der Waals surface area contributed by atoms with Crippen molar-refractivity contribution in [2.24, 2.45) is 17.9 Å². The Bertz CT molecular complexity index is 1410. The first-order valence-electron chi connectivity index (χ1n) is 11.8. The van der Waals surface area contributed by atoms with E-state index >= 15 is 0 Å². The highest BCUT2D eigenvalue weighted by molar-refractivity contribution is 7.70. The van der Waals surface area contributed by atoms with E-state index in [0.29, 0.717) is 24.2 Å². The molecule has 17 nitrogen and oxygen atoms in total. The van der Waals surface area contributed by atoms with Gasteiger partial charge in [0.05, 0.1) is 6.61 Å². The van der Waals surface area contributed by atoms with Gasteiger partial charge in [-0.1, -0.05) is 17.3 Å². The third-order valence-corrected chi connectivity index (χ3v) is 9.14. The highest BCUT2D eigenvalue weighted by Gasteiger charge is 2.45. The number of hydrogen-bond donors (Lipinski definition) is 7. The minimum Gasteiger partial charge on any atom is -0.389 e. The molecule has 3 rings (SSSR count). The zero-order chi connectivity index (χ0) is 29.7. The predicted octanol–water partition coefficient (Wildman–Crippen LogP) is -2.14. The summed E-state index contributed by atoms with van der Waals surface area (Å²) in [5, 5.41) is 27.3. The van der Waals surface area contributed by atoms with Gasteiger partial charge in [0.25, 0.3) is 5.91 Å². The van der Waals surface area contributed by atoms with Crippen LogP contribution >= 0.6 is 15.2 Å². The fourth-order valence-corrected chi connectivity index (χ4v) is 6.22. The molecule has 1 aromatic heterocycles. The molecule has 1 amide bonds. The van der Waals surface area contributed by atoms with Crippen LogP contribution in [-0.2, 0) is 36.9 Å². The van der Waals surface area contributed by atoms with Gasteiger partial charge in [-0.15, -0.1) is 0 Å². The van der Waals surface area contributed by atoms with Crippen molar-refractivity contribution in [1.82, 2.24) is 14.5 Å². The molecule has 0 bridgehead atoms. The Hall–Kier alpha value is -2.69. The number of nitrogens with zero attached hydrogens (tertiary/aromatic N) is 3. The van der Waals surface area contributed by atoms with Crippen LogP contribution < -0.4 is 22.2 Å². The van der Waals surface area contributed by atoms with Crippen LogP contribution in [0.4, 0.5) is 0 Å². The van der Waals surface area contributed by atoms with Gasteiger partial charge in [0.2, 0.25) is 0 Å². The maximum Gasteiger partial charge on any atom is 0.340 e. The van der Waals surface area contributed by atoms with Gasteiger partial charge >= 0.3 is 20.9 Å². The fourth-order valence-electron chi connectivity index (χ4n) is 3.65. The Labute approximate surface area is 227 Å². The number of ether oxygens (including phenoxy) is 1. The standard InChI is InChI=1S/C21H31N5O12P2/c1-25-16(24-36-10-13-2-4-14(5-3-13)19(29)23-8-7-22)6-9-26(21(25)30)20-18(28)17(27)15(38-20)11-37-40(34,35)12-39(31,32)33/h2-6,9,15,17-18,20,27-28H,7-8,10-12,22H2,1H3,(H,23,29)(H,34,35)(H2,31,32,33)/b24-16-/t15-,17-,18-,20-/m1/s1. The number of aliphatic hydroxyl groups excluding tert-OH is 2. The molecule has 1 saturated heterocycles. The topological polar surface area (TPSA) is 257 Å². The van der Waals surface area contributed by atoms with Crippen molar-refractivity contribution in [3.8, 4) is 0 Å². The Morgan fingerprint density at radius 2 is 1.82 bits per heavy atom. The second kappa shape index (κ2) is 13.3. The summed E-state index contributed by atoms with van der Waals surface area (Å²) in [6.07, 6.45) is -4.87. The van der Waals surface area contributed by atoms with Gasteiger partial charge in [0.15, 0.2) is 17.6 Å². The van der Waals surface area contributed by atoms with Gasteiger partial charge < -0.3 is 50.0 Å². The molecule has 40 heavy (non-hydrogen) atoms. The monoisotopic (exact) mass is 607 g/mol. The molecule has 19 heteroatoms. The first kappa shape index (κ1) is 31.8. The molecule has 1 aliphatic rings. The van der Waals surface area contributed by atoms with Gasteiger partial charge in [-0.2, -0.15) is 0 Å². The second-order valence-electron chi connectivity index (χ2n) is 8.81. The van der Waals surface area contributed by atoms with Crippen molar-refractivity contribution in [3.63, 3.8) is 0 Å². The highest BCUT2D eigenvalue weighted by atomic mass is 31.2. The maximum atomic E-state index is 12.9. The third-order valence-electron chi connectivity index (χ3n) is 5.69. The lowest BCUT2D eigenvalue weighted by molar-refractivity contribution is -0.0530. The van der Waals surface area contributed by atoms with Crippen LogP contribution in [0.2, 0.25) is 0 Å². The summed E-state index contributed by atoms with van der Waals surface area (Å²) in [6.45, 7) is -0.0765. The van der Waals surface area contributed by atoms with E-state index in [-0.39, 0.29) is 18.0 Å². The largest absolute Gasteiger partial charge is 0.389 e.